The van der Waals surface area contributed by atoms with E-state index >= 15 is 0 Å². The van der Waals surface area contributed by atoms with Crippen LogP contribution >= 0.6 is 0 Å². The summed E-state index contributed by atoms with van der Waals surface area (Å²) in [5.41, 5.74) is 7.70. The Labute approximate surface area is 80.0 Å². The van der Waals surface area contributed by atoms with E-state index in [9.17, 15) is 0 Å². The fourth-order valence-electron chi connectivity index (χ4n) is 2.21. The first-order valence-electron chi connectivity index (χ1n) is 4.93. The first-order chi connectivity index (χ1) is 6.12. The lowest BCUT2D eigenvalue weighted by atomic mass is 9.57. The number of rotatable bonds is 1. The Morgan fingerprint density at radius 3 is 2.31 bits per heavy atom. The largest absolute Gasteiger partial charge is 0.327 e. The van der Waals surface area contributed by atoms with Gasteiger partial charge in [0.25, 0.3) is 0 Å². The molecular formula is C12H17N. The van der Waals surface area contributed by atoms with Crippen molar-refractivity contribution in [1.82, 2.24) is 0 Å². The highest BCUT2D eigenvalue weighted by atomic mass is 14.8. The predicted octanol–water partition coefficient (Wildman–Crippen LogP) is 2.53. The van der Waals surface area contributed by atoms with E-state index in [1.807, 2.05) is 0 Å². The normalized spacial score (nSPS) is 31.0. The van der Waals surface area contributed by atoms with Crippen LogP contribution in [0.4, 0.5) is 0 Å². The second-order valence-electron chi connectivity index (χ2n) is 4.63. The minimum Gasteiger partial charge on any atom is -0.327 e. The SMILES string of the molecule is CC1(C)C(c2ccccc2)C[C@H]1N. The third-order valence-electron chi connectivity index (χ3n) is 3.55. The molecule has 1 aromatic rings. The lowest BCUT2D eigenvalue weighted by Crippen LogP contribution is -2.52. The van der Waals surface area contributed by atoms with Gasteiger partial charge in [-0.05, 0) is 23.3 Å². The van der Waals surface area contributed by atoms with Gasteiger partial charge >= 0.3 is 0 Å². The molecule has 2 rings (SSSR count). The van der Waals surface area contributed by atoms with Crippen LogP contribution in [0.25, 0.3) is 0 Å². The van der Waals surface area contributed by atoms with Gasteiger partial charge in [-0.1, -0.05) is 44.2 Å². The van der Waals surface area contributed by atoms with Crippen molar-refractivity contribution in [3.05, 3.63) is 35.9 Å². The minimum absolute atomic E-state index is 0.279. The maximum Gasteiger partial charge on any atom is 0.0102 e. The minimum atomic E-state index is 0.279. The summed E-state index contributed by atoms with van der Waals surface area (Å²) in [5, 5.41) is 0. The molecule has 1 aliphatic carbocycles. The molecule has 13 heavy (non-hydrogen) atoms. The Morgan fingerprint density at radius 2 is 1.85 bits per heavy atom. The third kappa shape index (κ3) is 1.28. The smallest absolute Gasteiger partial charge is 0.0102 e. The molecule has 0 heterocycles. The third-order valence-corrected chi connectivity index (χ3v) is 3.55. The average Bonchev–Trinajstić information content (AvgIpc) is 2.15. The van der Waals surface area contributed by atoms with Gasteiger partial charge in [0, 0.05) is 6.04 Å². The Bertz CT molecular complexity index is 289. The van der Waals surface area contributed by atoms with Gasteiger partial charge in [-0.25, -0.2) is 0 Å². The standard InChI is InChI=1S/C12H17N/c1-12(2)10(8-11(12)13)9-6-4-3-5-7-9/h3-7,10-11H,8,13H2,1-2H3/t10?,11-/m1/s1. The topological polar surface area (TPSA) is 26.0 Å². The molecule has 1 aromatic carbocycles. The van der Waals surface area contributed by atoms with E-state index in [4.69, 9.17) is 5.73 Å². The van der Waals surface area contributed by atoms with Crippen molar-refractivity contribution < 1.29 is 0 Å². The number of hydrogen-bond acceptors (Lipinski definition) is 1. The van der Waals surface area contributed by atoms with Crippen LogP contribution in [0, 0.1) is 5.41 Å². The van der Waals surface area contributed by atoms with E-state index in [0.29, 0.717) is 12.0 Å². The van der Waals surface area contributed by atoms with Crippen LogP contribution < -0.4 is 5.73 Å². The van der Waals surface area contributed by atoms with E-state index in [0.717, 1.165) is 6.42 Å². The van der Waals surface area contributed by atoms with Crippen LogP contribution in [0.1, 0.15) is 31.7 Å². The molecule has 1 nitrogen and oxygen atoms in total. The molecule has 1 unspecified atom stereocenters. The van der Waals surface area contributed by atoms with Crippen LogP contribution in [-0.4, -0.2) is 6.04 Å². The van der Waals surface area contributed by atoms with E-state index < -0.39 is 0 Å². The molecule has 1 aliphatic rings. The molecule has 0 spiro atoms. The van der Waals surface area contributed by atoms with Crippen molar-refractivity contribution in [2.24, 2.45) is 11.1 Å². The van der Waals surface area contributed by atoms with Gasteiger partial charge in [-0.2, -0.15) is 0 Å². The Hall–Kier alpha value is -0.820. The van der Waals surface area contributed by atoms with Crippen molar-refractivity contribution in [2.75, 3.05) is 0 Å². The van der Waals surface area contributed by atoms with Crippen molar-refractivity contribution in [3.8, 4) is 0 Å². The molecule has 1 saturated carbocycles. The summed E-state index contributed by atoms with van der Waals surface area (Å²) in [6, 6.07) is 11.1. The average molecular weight is 175 g/mol. The second kappa shape index (κ2) is 2.85. The predicted molar refractivity (Wildman–Crippen MR) is 55.6 cm³/mol. The van der Waals surface area contributed by atoms with Gasteiger partial charge in [0.15, 0.2) is 0 Å². The zero-order valence-electron chi connectivity index (χ0n) is 8.33. The van der Waals surface area contributed by atoms with Gasteiger partial charge in [0.2, 0.25) is 0 Å². The lowest BCUT2D eigenvalue weighted by Gasteiger charge is -2.50. The molecule has 0 radical (unpaired) electrons. The highest BCUT2D eigenvalue weighted by Crippen LogP contribution is 2.51. The zero-order valence-corrected chi connectivity index (χ0v) is 8.33. The van der Waals surface area contributed by atoms with E-state index in [-0.39, 0.29) is 5.41 Å². The van der Waals surface area contributed by atoms with Gasteiger partial charge in [-0.15, -0.1) is 0 Å². The van der Waals surface area contributed by atoms with Crippen molar-refractivity contribution in [1.29, 1.82) is 0 Å². The van der Waals surface area contributed by atoms with E-state index in [2.05, 4.69) is 44.2 Å². The molecule has 0 aliphatic heterocycles. The number of nitrogens with two attached hydrogens (primary N) is 1. The molecule has 1 heteroatoms. The fourth-order valence-corrected chi connectivity index (χ4v) is 2.21. The zero-order chi connectivity index (χ0) is 9.47. The van der Waals surface area contributed by atoms with E-state index in [1.54, 1.807) is 0 Å². The number of hydrogen-bond donors (Lipinski definition) is 1. The maximum atomic E-state index is 5.98. The summed E-state index contributed by atoms with van der Waals surface area (Å²) in [6.07, 6.45) is 1.14. The van der Waals surface area contributed by atoms with Crippen LogP contribution in [0.2, 0.25) is 0 Å². The van der Waals surface area contributed by atoms with Crippen molar-refractivity contribution in [2.45, 2.75) is 32.2 Å². The van der Waals surface area contributed by atoms with Gasteiger partial charge in [-0.3, -0.25) is 0 Å². The van der Waals surface area contributed by atoms with Crippen molar-refractivity contribution >= 4 is 0 Å². The summed E-state index contributed by atoms with van der Waals surface area (Å²) in [6.45, 7) is 4.53. The number of benzene rings is 1. The first-order valence-corrected chi connectivity index (χ1v) is 4.93. The molecule has 0 amide bonds. The molecular weight excluding hydrogens is 158 g/mol. The molecule has 2 N–H and O–H groups in total. The fraction of sp³-hybridized carbons (Fsp3) is 0.500. The van der Waals surface area contributed by atoms with Crippen LogP contribution in [-0.2, 0) is 0 Å². The lowest BCUT2D eigenvalue weighted by molar-refractivity contribution is 0.0984. The van der Waals surface area contributed by atoms with Crippen LogP contribution in [0.15, 0.2) is 30.3 Å². The van der Waals surface area contributed by atoms with Gasteiger partial charge in [0.05, 0.1) is 0 Å². The molecule has 0 aromatic heterocycles. The van der Waals surface area contributed by atoms with Gasteiger partial charge in [0.1, 0.15) is 0 Å². The quantitative estimate of drug-likeness (QED) is 0.697. The van der Waals surface area contributed by atoms with E-state index in [1.165, 1.54) is 5.56 Å². The Balaban J connectivity index is 2.22. The highest BCUT2D eigenvalue weighted by Gasteiger charge is 2.46. The molecule has 0 saturated heterocycles. The maximum absolute atomic E-state index is 5.98. The summed E-state index contributed by atoms with van der Waals surface area (Å²) in [7, 11) is 0. The molecule has 70 valence electrons. The van der Waals surface area contributed by atoms with Crippen LogP contribution in [0.5, 0.6) is 0 Å². The Kier molecular flexibility index (Phi) is 1.92. The molecule has 0 bridgehead atoms. The summed E-state index contributed by atoms with van der Waals surface area (Å²) < 4.78 is 0. The summed E-state index contributed by atoms with van der Waals surface area (Å²) in [5.74, 6) is 0.656. The van der Waals surface area contributed by atoms with Crippen LogP contribution in [0.3, 0.4) is 0 Å². The first kappa shape index (κ1) is 8.76. The second-order valence-corrected chi connectivity index (χ2v) is 4.63. The van der Waals surface area contributed by atoms with Gasteiger partial charge < -0.3 is 5.73 Å². The monoisotopic (exact) mass is 175 g/mol. The Morgan fingerprint density at radius 1 is 1.23 bits per heavy atom. The summed E-state index contributed by atoms with van der Waals surface area (Å²) in [4.78, 5) is 0. The van der Waals surface area contributed by atoms with Crippen molar-refractivity contribution in [3.63, 3.8) is 0 Å². The highest BCUT2D eigenvalue weighted by molar-refractivity contribution is 5.26. The summed E-state index contributed by atoms with van der Waals surface area (Å²) >= 11 is 0. The molecule has 1 fully saturated rings. The molecule has 2 atom stereocenters.